The number of carbonyl (C=O) groups is 2. The quantitative estimate of drug-likeness (QED) is 0.830. The van der Waals surface area contributed by atoms with Crippen LogP contribution in [0.25, 0.3) is 5.76 Å². The highest BCUT2D eigenvalue weighted by atomic mass is 16.3. The highest BCUT2D eigenvalue weighted by molar-refractivity contribution is 6.36. The van der Waals surface area contributed by atoms with Crippen LogP contribution in [-0.2, 0) is 4.79 Å². The summed E-state index contributed by atoms with van der Waals surface area (Å²) in [5.41, 5.74) is 2.04. The lowest BCUT2D eigenvalue weighted by atomic mass is 10.1. The summed E-state index contributed by atoms with van der Waals surface area (Å²) < 4.78 is 0. The Morgan fingerprint density at radius 1 is 1.00 bits per heavy atom. The van der Waals surface area contributed by atoms with E-state index in [1.807, 2.05) is 19.1 Å². The maximum atomic E-state index is 12.3. The average Bonchev–Trinajstić information content (AvgIpc) is 2.74. The maximum absolute atomic E-state index is 12.3. The van der Waals surface area contributed by atoms with Crippen LogP contribution >= 0.6 is 0 Å². The SMILES string of the molecule is Cc1ccccc1NC(=O)C1=C(O)c2ccccc2C1=O. The molecule has 1 amide bonds. The molecular weight excluding hydrogens is 266 g/mol. The smallest absolute Gasteiger partial charge is 0.263 e. The fourth-order valence-corrected chi connectivity index (χ4v) is 2.37. The second-order valence-electron chi connectivity index (χ2n) is 4.87. The Bertz CT molecular complexity index is 790. The number of para-hydroxylation sites is 1. The van der Waals surface area contributed by atoms with Crippen LogP contribution in [0.4, 0.5) is 5.69 Å². The zero-order valence-electron chi connectivity index (χ0n) is 11.4. The highest BCUT2D eigenvalue weighted by Crippen LogP contribution is 2.31. The number of carbonyl (C=O) groups excluding carboxylic acids is 2. The lowest BCUT2D eigenvalue weighted by Gasteiger charge is -2.08. The molecule has 2 aromatic rings. The molecule has 21 heavy (non-hydrogen) atoms. The predicted molar refractivity (Wildman–Crippen MR) is 80.1 cm³/mol. The van der Waals surface area contributed by atoms with E-state index in [0.29, 0.717) is 16.8 Å². The molecule has 1 aliphatic rings. The highest BCUT2D eigenvalue weighted by Gasteiger charge is 2.34. The minimum atomic E-state index is -0.594. The van der Waals surface area contributed by atoms with Crippen LogP contribution in [0, 0.1) is 6.92 Å². The lowest BCUT2D eigenvalue weighted by Crippen LogP contribution is -2.19. The van der Waals surface area contributed by atoms with Gasteiger partial charge in [0.1, 0.15) is 11.3 Å². The number of hydrogen-bond acceptors (Lipinski definition) is 3. The number of aliphatic hydroxyl groups excluding tert-OH is 1. The van der Waals surface area contributed by atoms with Gasteiger partial charge in [0, 0.05) is 16.8 Å². The van der Waals surface area contributed by atoms with Gasteiger partial charge in [-0.3, -0.25) is 9.59 Å². The van der Waals surface area contributed by atoms with Gasteiger partial charge >= 0.3 is 0 Å². The zero-order valence-corrected chi connectivity index (χ0v) is 11.4. The Balaban J connectivity index is 1.95. The Morgan fingerprint density at radius 2 is 1.62 bits per heavy atom. The molecule has 0 saturated heterocycles. The summed E-state index contributed by atoms with van der Waals surface area (Å²) in [6, 6.07) is 13.9. The summed E-state index contributed by atoms with van der Waals surface area (Å²) in [5.74, 6) is -1.31. The molecule has 0 unspecified atom stereocenters. The molecule has 2 aromatic carbocycles. The Morgan fingerprint density at radius 3 is 2.29 bits per heavy atom. The van der Waals surface area contributed by atoms with Gasteiger partial charge < -0.3 is 10.4 Å². The van der Waals surface area contributed by atoms with E-state index in [1.165, 1.54) is 0 Å². The molecule has 0 aliphatic heterocycles. The number of amides is 1. The molecule has 104 valence electrons. The monoisotopic (exact) mass is 279 g/mol. The minimum absolute atomic E-state index is 0.209. The topological polar surface area (TPSA) is 66.4 Å². The standard InChI is InChI=1S/C17H13NO3/c1-10-6-2-5-9-13(10)18-17(21)14-15(19)11-7-3-4-8-12(11)16(14)20/h2-9,19H,1H3,(H,18,21). The molecule has 2 N–H and O–H groups in total. The Labute approximate surface area is 121 Å². The van der Waals surface area contributed by atoms with Crippen LogP contribution in [0.5, 0.6) is 0 Å². The van der Waals surface area contributed by atoms with Crippen molar-refractivity contribution >= 4 is 23.1 Å². The van der Waals surface area contributed by atoms with Crippen LogP contribution < -0.4 is 5.32 Å². The number of ketones is 1. The Kier molecular flexibility index (Phi) is 3.06. The molecular formula is C17H13NO3. The van der Waals surface area contributed by atoms with Gasteiger partial charge in [-0.1, -0.05) is 42.5 Å². The van der Waals surface area contributed by atoms with Gasteiger partial charge in [-0.05, 0) is 18.6 Å². The first-order valence-electron chi connectivity index (χ1n) is 6.54. The zero-order chi connectivity index (χ0) is 15.0. The molecule has 0 radical (unpaired) electrons. The van der Waals surface area contributed by atoms with Crippen LogP contribution in [0.2, 0.25) is 0 Å². The van der Waals surface area contributed by atoms with E-state index >= 15 is 0 Å². The molecule has 0 spiro atoms. The first kappa shape index (κ1) is 13.1. The van der Waals surface area contributed by atoms with Crippen LogP contribution in [-0.4, -0.2) is 16.8 Å². The first-order valence-corrected chi connectivity index (χ1v) is 6.54. The summed E-state index contributed by atoms with van der Waals surface area (Å²) in [6.07, 6.45) is 0. The van der Waals surface area contributed by atoms with Gasteiger partial charge in [0.2, 0.25) is 5.78 Å². The van der Waals surface area contributed by atoms with Crippen molar-refractivity contribution < 1.29 is 14.7 Å². The summed E-state index contributed by atoms with van der Waals surface area (Å²) in [4.78, 5) is 24.6. The van der Waals surface area contributed by atoms with Gasteiger partial charge in [-0.2, -0.15) is 0 Å². The summed E-state index contributed by atoms with van der Waals surface area (Å²) in [5, 5.41) is 12.8. The summed E-state index contributed by atoms with van der Waals surface area (Å²) >= 11 is 0. The molecule has 0 bridgehead atoms. The maximum Gasteiger partial charge on any atom is 0.263 e. The number of nitrogens with one attached hydrogen (secondary N) is 1. The van der Waals surface area contributed by atoms with Gasteiger partial charge in [0.25, 0.3) is 5.91 Å². The van der Waals surface area contributed by atoms with E-state index in [2.05, 4.69) is 5.32 Å². The van der Waals surface area contributed by atoms with Crippen LogP contribution in [0.1, 0.15) is 21.5 Å². The van der Waals surface area contributed by atoms with Crippen molar-refractivity contribution in [3.63, 3.8) is 0 Å². The molecule has 0 fully saturated rings. The van der Waals surface area contributed by atoms with Crippen molar-refractivity contribution in [3.8, 4) is 0 Å². The minimum Gasteiger partial charge on any atom is -0.506 e. The molecule has 0 saturated carbocycles. The fraction of sp³-hybridized carbons (Fsp3) is 0.0588. The number of Topliss-reactive ketones (excluding diaryl/α,β-unsaturated/α-hetero) is 1. The summed E-state index contributed by atoms with van der Waals surface area (Å²) in [7, 11) is 0. The average molecular weight is 279 g/mol. The van der Waals surface area contributed by atoms with E-state index in [-0.39, 0.29) is 11.3 Å². The van der Waals surface area contributed by atoms with Gasteiger partial charge in [-0.15, -0.1) is 0 Å². The van der Waals surface area contributed by atoms with Crippen molar-refractivity contribution in [1.29, 1.82) is 0 Å². The number of benzene rings is 2. The van der Waals surface area contributed by atoms with Gasteiger partial charge in [0.15, 0.2) is 0 Å². The van der Waals surface area contributed by atoms with E-state index in [0.717, 1.165) is 5.56 Å². The normalized spacial score (nSPS) is 13.3. The van der Waals surface area contributed by atoms with E-state index in [9.17, 15) is 14.7 Å². The van der Waals surface area contributed by atoms with Gasteiger partial charge in [-0.25, -0.2) is 0 Å². The first-order chi connectivity index (χ1) is 10.1. The van der Waals surface area contributed by atoms with E-state index in [4.69, 9.17) is 0 Å². The van der Waals surface area contributed by atoms with Crippen molar-refractivity contribution in [2.75, 3.05) is 5.32 Å². The summed E-state index contributed by atoms with van der Waals surface area (Å²) in [6.45, 7) is 1.86. The molecule has 0 atom stereocenters. The predicted octanol–water partition coefficient (Wildman–Crippen LogP) is 3.10. The van der Waals surface area contributed by atoms with Crippen molar-refractivity contribution in [2.45, 2.75) is 6.92 Å². The number of rotatable bonds is 2. The molecule has 3 rings (SSSR count). The number of aliphatic hydroxyl groups is 1. The van der Waals surface area contributed by atoms with E-state index < -0.39 is 11.7 Å². The van der Waals surface area contributed by atoms with Crippen LogP contribution in [0.15, 0.2) is 54.1 Å². The molecule has 4 heteroatoms. The third-order valence-corrected chi connectivity index (χ3v) is 3.51. The van der Waals surface area contributed by atoms with Crippen LogP contribution in [0.3, 0.4) is 0 Å². The molecule has 0 aromatic heterocycles. The Hall–Kier alpha value is -2.88. The largest absolute Gasteiger partial charge is 0.506 e. The molecule has 1 aliphatic carbocycles. The second kappa shape index (κ2) is 4.90. The van der Waals surface area contributed by atoms with Gasteiger partial charge in [0.05, 0.1) is 0 Å². The molecule has 4 nitrogen and oxygen atoms in total. The van der Waals surface area contributed by atoms with Crippen molar-refractivity contribution in [1.82, 2.24) is 0 Å². The van der Waals surface area contributed by atoms with E-state index in [1.54, 1.807) is 36.4 Å². The number of hydrogen-bond donors (Lipinski definition) is 2. The second-order valence-corrected chi connectivity index (χ2v) is 4.87. The van der Waals surface area contributed by atoms with Crippen molar-refractivity contribution in [3.05, 3.63) is 70.8 Å². The fourth-order valence-electron chi connectivity index (χ4n) is 2.37. The third-order valence-electron chi connectivity index (χ3n) is 3.51. The number of aryl methyl sites for hydroxylation is 1. The number of fused-ring (bicyclic) bond motifs is 1. The molecule has 0 heterocycles. The number of anilines is 1. The third kappa shape index (κ3) is 2.10. The lowest BCUT2D eigenvalue weighted by molar-refractivity contribution is -0.112. The van der Waals surface area contributed by atoms with Crippen molar-refractivity contribution in [2.24, 2.45) is 0 Å².